The molecule has 1 N–H and O–H groups in total. The fourth-order valence-electron chi connectivity index (χ4n) is 1.33. The molecule has 0 aliphatic carbocycles. The molecule has 94 valence electrons. The molecule has 1 amide bonds. The molecule has 1 heterocycles. The van der Waals surface area contributed by atoms with Gasteiger partial charge in [0.15, 0.2) is 0 Å². The van der Waals surface area contributed by atoms with E-state index in [1.54, 1.807) is 0 Å². The van der Waals surface area contributed by atoms with E-state index in [4.69, 9.17) is 28.5 Å². The summed E-state index contributed by atoms with van der Waals surface area (Å²) in [5, 5.41) is 11.8. The van der Waals surface area contributed by atoms with E-state index >= 15 is 0 Å². The second-order valence-electron chi connectivity index (χ2n) is 3.50. The van der Waals surface area contributed by atoms with Crippen molar-refractivity contribution >= 4 is 34.8 Å². The number of nitrogens with zero attached hydrogens (tertiary/aromatic N) is 3. The molecule has 1 aromatic carbocycles. The van der Waals surface area contributed by atoms with E-state index in [1.165, 1.54) is 30.6 Å². The van der Waals surface area contributed by atoms with Crippen molar-refractivity contribution in [1.82, 2.24) is 9.97 Å². The molecule has 0 aliphatic rings. The molecule has 0 spiro atoms. The molecular formula is C12H6Cl2N4O. The van der Waals surface area contributed by atoms with Gasteiger partial charge in [-0.15, -0.1) is 0 Å². The van der Waals surface area contributed by atoms with Gasteiger partial charge in [-0.05, 0) is 29.8 Å². The fraction of sp³-hybridized carbons (Fsp3) is 0. The zero-order chi connectivity index (χ0) is 13.8. The molecule has 7 heteroatoms. The van der Waals surface area contributed by atoms with Gasteiger partial charge in [0.1, 0.15) is 6.07 Å². The number of hydrogen-bond donors (Lipinski definition) is 1. The lowest BCUT2D eigenvalue weighted by Gasteiger charge is -2.05. The summed E-state index contributed by atoms with van der Waals surface area (Å²) in [6.45, 7) is 0. The summed E-state index contributed by atoms with van der Waals surface area (Å²) in [4.78, 5) is 19.4. The van der Waals surface area contributed by atoms with Gasteiger partial charge in [0, 0.05) is 5.56 Å². The van der Waals surface area contributed by atoms with Gasteiger partial charge in [-0.1, -0.05) is 11.6 Å². The van der Waals surface area contributed by atoms with Crippen molar-refractivity contribution < 1.29 is 4.79 Å². The maximum absolute atomic E-state index is 11.9. The lowest BCUT2D eigenvalue weighted by atomic mass is 10.1. The summed E-state index contributed by atoms with van der Waals surface area (Å²) >= 11 is 11.3. The SMILES string of the molecule is N#Cc1cc(C(=O)Nc2cnc(Cl)nc2)ccc1Cl. The minimum absolute atomic E-state index is 0.0938. The maximum Gasteiger partial charge on any atom is 0.255 e. The van der Waals surface area contributed by atoms with E-state index in [0.29, 0.717) is 16.3 Å². The van der Waals surface area contributed by atoms with Crippen molar-refractivity contribution in [3.8, 4) is 6.07 Å². The van der Waals surface area contributed by atoms with Crippen LogP contribution in [0.5, 0.6) is 0 Å². The van der Waals surface area contributed by atoms with Crippen LogP contribution in [0.2, 0.25) is 10.3 Å². The number of carbonyl (C=O) groups is 1. The van der Waals surface area contributed by atoms with E-state index in [0.717, 1.165) is 0 Å². The summed E-state index contributed by atoms with van der Waals surface area (Å²) in [5.41, 5.74) is 0.959. The predicted molar refractivity (Wildman–Crippen MR) is 71.2 cm³/mol. The average Bonchev–Trinajstić information content (AvgIpc) is 2.42. The standard InChI is InChI=1S/C12H6Cl2N4O/c13-10-2-1-7(3-8(10)4-15)11(19)18-9-5-16-12(14)17-6-9/h1-3,5-6H,(H,18,19). The minimum atomic E-state index is -0.390. The Morgan fingerprint density at radius 1 is 1.26 bits per heavy atom. The highest BCUT2D eigenvalue weighted by Crippen LogP contribution is 2.17. The molecule has 0 unspecified atom stereocenters. The number of hydrogen-bond acceptors (Lipinski definition) is 4. The number of benzene rings is 1. The van der Waals surface area contributed by atoms with Crippen molar-refractivity contribution in [3.63, 3.8) is 0 Å². The lowest BCUT2D eigenvalue weighted by molar-refractivity contribution is 0.102. The molecular weight excluding hydrogens is 287 g/mol. The van der Waals surface area contributed by atoms with Gasteiger partial charge in [-0.3, -0.25) is 4.79 Å². The van der Waals surface area contributed by atoms with Crippen LogP contribution in [0.1, 0.15) is 15.9 Å². The first kappa shape index (κ1) is 13.3. The van der Waals surface area contributed by atoms with Gasteiger partial charge in [0.05, 0.1) is 28.7 Å². The Hall–Kier alpha value is -2.16. The number of aromatic nitrogens is 2. The molecule has 0 radical (unpaired) electrons. The number of rotatable bonds is 2. The number of anilines is 1. The summed E-state index contributed by atoms with van der Waals surface area (Å²) in [5.74, 6) is -0.390. The molecule has 0 saturated heterocycles. The predicted octanol–water partition coefficient (Wildman–Crippen LogP) is 2.91. The lowest BCUT2D eigenvalue weighted by Crippen LogP contribution is -2.12. The van der Waals surface area contributed by atoms with Crippen LogP contribution in [-0.4, -0.2) is 15.9 Å². The Balaban J connectivity index is 2.21. The third-order valence-electron chi connectivity index (χ3n) is 2.23. The molecule has 1 aromatic heterocycles. The normalized spacial score (nSPS) is 9.74. The zero-order valence-electron chi connectivity index (χ0n) is 9.39. The van der Waals surface area contributed by atoms with Crippen LogP contribution in [0.3, 0.4) is 0 Å². The van der Waals surface area contributed by atoms with Crippen molar-refractivity contribution in [2.45, 2.75) is 0 Å². The van der Waals surface area contributed by atoms with Crippen molar-refractivity contribution in [1.29, 1.82) is 5.26 Å². The zero-order valence-corrected chi connectivity index (χ0v) is 10.9. The third-order valence-corrected chi connectivity index (χ3v) is 2.75. The van der Waals surface area contributed by atoms with Crippen LogP contribution in [0.4, 0.5) is 5.69 Å². The smallest absolute Gasteiger partial charge is 0.255 e. The maximum atomic E-state index is 11.9. The van der Waals surface area contributed by atoms with Gasteiger partial charge in [0.2, 0.25) is 5.28 Å². The van der Waals surface area contributed by atoms with E-state index in [1.807, 2.05) is 6.07 Å². The fourth-order valence-corrected chi connectivity index (χ4v) is 1.59. The van der Waals surface area contributed by atoms with Gasteiger partial charge in [-0.25, -0.2) is 9.97 Å². The highest BCUT2D eigenvalue weighted by atomic mass is 35.5. The molecule has 0 saturated carbocycles. The number of nitrogens with one attached hydrogen (secondary N) is 1. The number of halogens is 2. The van der Waals surface area contributed by atoms with Crippen molar-refractivity contribution in [3.05, 3.63) is 52.0 Å². The first-order valence-electron chi connectivity index (χ1n) is 5.08. The largest absolute Gasteiger partial charge is 0.319 e. The van der Waals surface area contributed by atoms with Gasteiger partial charge in [0.25, 0.3) is 5.91 Å². The van der Waals surface area contributed by atoms with Crippen LogP contribution in [0, 0.1) is 11.3 Å². The van der Waals surface area contributed by atoms with E-state index in [9.17, 15) is 4.79 Å². The van der Waals surface area contributed by atoms with Crippen LogP contribution < -0.4 is 5.32 Å². The van der Waals surface area contributed by atoms with Crippen LogP contribution in [0.25, 0.3) is 0 Å². The van der Waals surface area contributed by atoms with Crippen LogP contribution in [-0.2, 0) is 0 Å². The Kier molecular flexibility index (Phi) is 3.95. The monoisotopic (exact) mass is 292 g/mol. The topological polar surface area (TPSA) is 78.7 Å². The molecule has 2 rings (SSSR count). The Labute approximate surface area is 118 Å². The summed E-state index contributed by atoms with van der Waals surface area (Å²) in [6.07, 6.45) is 2.77. The van der Waals surface area contributed by atoms with Gasteiger partial charge < -0.3 is 5.32 Å². The van der Waals surface area contributed by atoms with E-state index in [-0.39, 0.29) is 16.8 Å². The number of nitriles is 1. The summed E-state index contributed by atoms with van der Waals surface area (Å²) < 4.78 is 0. The van der Waals surface area contributed by atoms with Crippen molar-refractivity contribution in [2.75, 3.05) is 5.32 Å². The second kappa shape index (κ2) is 5.65. The Morgan fingerprint density at radius 3 is 2.58 bits per heavy atom. The first-order chi connectivity index (χ1) is 9.10. The Bertz CT molecular complexity index is 664. The summed E-state index contributed by atoms with van der Waals surface area (Å²) in [6, 6.07) is 6.34. The summed E-state index contributed by atoms with van der Waals surface area (Å²) in [7, 11) is 0. The number of carbonyl (C=O) groups excluding carboxylic acids is 1. The van der Waals surface area contributed by atoms with Crippen LogP contribution in [0.15, 0.2) is 30.6 Å². The molecule has 0 aliphatic heterocycles. The van der Waals surface area contributed by atoms with Gasteiger partial charge >= 0.3 is 0 Å². The quantitative estimate of drug-likeness (QED) is 0.863. The second-order valence-corrected chi connectivity index (χ2v) is 4.25. The molecule has 0 atom stereocenters. The molecule has 19 heavy (non-hydrogen) atoms. The van der Waals surface area contributed by atoms with E-state index < -0.39 is 0 Å². The highest BCUT2D eigenvalue weighted by Gasteiger charge is 2.09. The molecule has 5 nitrogen and oxygen atoms in total. The molecule has 0 fully saturated rings. The number of amides is 1. The van der Waals surface area contributed by atoms with E-state index in [2.05, 4.69) is 15.3 Å². The first-order valence-corrected chi connectivity index (χ1v) is 5.84. The average molecular weight is 293 g/mol. The minimum Gasteiger partial charge on any atom is -0.319 e. The molecule has 0 bridgehead atoms. The van der Waals surface area contributed by atoms with Crippen molar-refractivity contribution in [2.24, 2.45) is 0 Å². The third kappa shape index (κ3) is 3.19. The highest BCUT2D eigenvalue weighted by molar-refractivity contribution is 6.31. The van der Waals surface area contributed by atoms with Crippen LogP contribution >= 0.6 is 23.2 Å². The molecule has 2 aromatic rings. The Morgan fingerprint density at radius 2 is 1.95 bits per heavy atom. The van der Waals surface area contributed by atoms with Gasteiger partial charge in [-0.2, -0.15) is 5.26 Å².